The van der Waals surface area contributed by atoms with Gasteiger partial charge in [-0.1, -0.05) is 45.1 Å². The first kappa shape index (κ1) is 36.2. The molecule has 10 unspecified atom stereocenters. The number of hydrogen-bond acceptors (Lipinski definition) is 10. The lowest BCUT2D eigenvalue weighted by molar-refractivity contribution is -0.151. The Morgan fingerprint density at radius 3 is 2.66 bits per heavy atom. The maximum absolute atomic E-state index is 12.9. The lowest BCUT2D eigenvalue weighted by Gasteiger charge is -2.35. The molecular formula is C33H54N2O9. The Balaban J connectivity index is 1.74. The predicted octanol–water partition coefficient (Wildman–Crippen LogP) is 2.61. The minimum atomic E-state index is -1.48. The van der Waals surface area contributed by atoms with Crippen LogP contribution in [-0.2, 0) is 19.0 Å². The molecule has 11 nitrogen and oxygen atoms in total. The summed E-state index contributed by atoms with van der Waals surface area (Å²) in [5.41, 5.74) is -1.93. The van der Waals surface area contributed by atoms with Crippen LogP contribution in [0.25, 0.3) is 0 Å². The average Bonchev–Trinajstić information content (AvgIpc) is 3.73. The molecule has 5 N–H and O–H groups in total. The van der Waals surface area contributed by atoms with Crippen LogP contribution in [0.4, 0.5) is 4.79 Å². The second-order valence-electron chi connectivity index (χ2n) is 13.3. The normalized spacial score (nSPS) is 35.9. The summed E-state index contributed by atoms with van der Waals surface area (Å²) in [6, 6.07) is 0. The summed E-state index contributed by atoms with van der Waals surface area (Å²) >= 11 is 0. The summed E-state index contributed by atoms with van der Waals surface area (Å²) in [5.74, 6) is -0.942. The molecule has 44 heavy (non-hydrogen) atoms. The van der Waals surface area contributed by atoms with Gasteiger partial charge in [0.1, 0.15) is 11.7 Å². The van der Waals surface area contributed by atoms with Gasteiger partial charge in [0.2, 0.25) is 0 Å². The third-order valence-corrected chi connectivity index (χ3v) is 8.97. The average molecular weight is 623 g/mol. The van der Waals surface area contributed by atoms with E-state index < -0.39 is 47.7 Å². The van der Waals surface area contributed by atoms with Gasteiger partial charge in [0.25, 0.3) is 0 Å². The molecule has 2 saturated heterocycles. The van der Waals surface area contributed by atoms with E-state index in [1.54, 1.807) is 49.1 Å². The highest BCUT2D eigenvalue weighted by Gasteiger charge is 2.47. The number of carbonyl (C=O) groups is 2. The van der Waals surface area contributed by atoms with Gasteiger partial charge in [0.05, 0.1) is 36.4 Å². The highest BCUT2D eigenvalue weighted by molar-refractivity contribution is 5.70. The molecular weight excluding hydrogens is 568 g/mol. The quantitative estimate of drug-likeness (QED) is 0.112. The van der Waals surface area contributed by atoms with Crippen LogP contribution in [0.5, 0.6) is 0 Å². The fourth-order valence-corrected chi connectivity index (χ4v) is 5.83. The van der Waals surface area contributed by atoms with E-state index in [0.29, 0.717) is 44.6 Å². The Kier molecular flexibility index (Phi) is 13.0. The van der Waals surface area contributed by atoms with Gasteiger partial charge < -0.3 is 44.9 Å². The number of hydrogen-bond donors (Lipinski definition) is 5. The predicted molar refractivity (Wildman–Crippen MR) is 166 cm³/mol. The first-order valence-electron chi connectivity index (χ1n) is 16.0. The van der Waals surface area contributed by atoms with Crippen molar-refractivity contribution in [1.29, 1.82) is 0 Å². The number of aliphatic hydroxyl groups excluding tert-OH is 2. The zero-order chi connectivity index (χ0) is 32.7. The van der Waals surface area contributed by atoms with Crippen molar-refractivity contribution in [3.63, 3.8) is 0 Å². The topological polar surface area (TPSA) is 161 Å². The first-order valence-corrected chi connectivity index (χ1v) is 16.0. The molecule has 0 bridgehead atoms. The molecule has 0 aromatic rings. The second-order valence-corrected chi connectivity index (χ2v) is 13.3. The smallest absolute Gasteiger partial charge is 0.410 e. The number of ether oxygens (including phenoxy) is 3. The van der Waals surface area contributed by atoms with Crippen LogP contribution in [0.3, 0.4) is 0 Å². The van der Waals surface area contributed by atoms with E-state index in [9.17, 15) is 30.0 Å². The lowest BCUT2D eigenvalue weighted by Crippen LogP contribution is -2.50. The summed E-state index contributed by atoms with van der Waals surface area (Å²) in [4.78, 5) is 27.3. The van der Waals surface area contributed by atoms with Crippen molar-refractivity contribution >= 4 is 12.1 Å². The maximum atomic E-state index is 12.9. The Morgan fingerprint density at radius 2 is 2.00 bits per heavy atom. The number of nitrogens with one attached hydrogen (secondary N) is 1. The number of rotatable bonds is 9. The number of amides is 1. The summed E-state index contributed by atoms with van der Waals surface area (Å²) in [6.07, 6.45) is 5.68. The molecule has 1 amide bonds. The minimum Gasteiger partial charge on any atom is -0.457 e. The van der Waals surface area contributed by atoms with Gasteiger partial charge in [-0.25, -0.2) is 4.79 Å². The van der Waals surface area contributed by atoms with E-state index in [2.05, 4.69) is 5.32 Å². The SMILES string of the molecule is CCC(O)C(C)C1OC1CC(C)(O)/C=C/C=C(\C)C1OC(=O)CC(O)CCC(C)(O)C(OC(=O)N2CCNCC2)/C=C/C1C. The number of cyclic esters (lactones) is 1. The van der Waals surface area contributed by atoms with Crippen molar-refractivity contribution in [2.45, 2.75) is 121 Å². The number of epoxide rings is 1. The molecule has 3 aliphatic rings. The Morgan fingerprint density at radius 1 is 1.32 bits per heavy atom. The van der Waals surface area contributed by atoms with Crippen LogP contribution in [0, 0.1) is 11.8 Å². The van der Waals surface area contributed by atoms with Crippen molar-refractivity contribution in [2.75, 3.05) is 26.2 Å². The molecule has 3 aliphatic heterocycles. The summed E-state index contributed by atoms with van der Waals surface area (Å²) in [6.45, 7) is 13.1. The van der Waals surface area contributed by atoms with Crippen molar-refractivity contribution < 1.29 is 44.2 Å². The Hall–Kier alpha value is -2.28. The molecule has 10 atom stereocenters. The van der Waals surface area contributed by atoms with Crippen LogP contribution in [0.2, 0.25) is 0 Å². The molecule has 0 spiro atoms. The summed E-state index contributed by atoms with van der Waals surface area (Å²) in [5, 5.41) is 46.1. The minimum absolute atomic E-state index is 0.00958. The third-order valence-electron chi connectivity index (χ3n) is 8.97. The number of aliphatic hydroxyl groups is 4. The van der Waals surface area contributed by atoms with Gasteiger partial charge in [-0.05, 0) is 51.7 Å². The van der Waals surface area contributed by atoms with Gasteiger partial charge in [0, 0.05) is 44.4 Å². The fourth-order valence-electron chi connectivity index (χ4n) is 5.83. The molecule has 3 rings (SSSR count). The lowest BCUT2D eigenvalue weighted by atomic mass is 9.88. The van der Waals surface area contributed by atoms with Gasteiger partial charge in [-0.15, -0.1) is 0 Å². The van der Waals surface area contributed by atoms with Crippen molar-refractivity contribution in [3.8, 4) is 0 Å². The monoisotopic (exact) mass is 622 g/mol. The molecule has 11 heteroatoms. The van der Waals surface area contributed by atoms with Gasteiger partial charge in [-0.2, -0.15) is 0 Å². The van der Waals surface area contributed by atoms with E-state index in [0.717, 1.165) is 0 Å². The molecule has 0 aromatic heterocycles. The van der Waals surface area contributed by atoms with Crippen molar-refractivity contribution in [2.24, 2.45) is 11.8 Å². The van der Waals surface area contributed by atoms with Crippen LogP contribution in [-0.4, -0.2) is 111 Å². The van der Waals surface area contributed by atoms with Crippen LogP contribution >= 0.6 is 0 Å². The van der Waals surface area contributed by atoms with E-state index in [1.165, 1.54) is 0 Å². The van der Waals surface area contributed by atoms with Gasteiger partial charge in [0.15, 0.2) is 6.10 Å². The van der Waals surface area contributed by atoms with E-state index in [1.807, 2.05) is 27.7 Å². The maximum Gasteiger partial charge on any atom is 0.410 e. The standard InChI is InChI=1S/C33H54N2O9/c1-7-25(37)23(4)30-26(42-30)20-32(5,40)13-8-9-21(2)29-22(3)10-11-27(43-31(39)35-17-15-34-16-18-35)33(6,41)14-12-24(36)19-28(38)44-29/h8-11,13,22-27,29-30,34,36-37,40-41H,7,12,14-20H2,1-6H3/b11-10+,13-8+,21-9+. The second kappa shape index (κ2) is 15.8. The number of esters is 1. The number of allylic oxidation sites excluding steroid dienone is 2. The first-order chi connectivity index (χ1) is 20.6. The van der Waals surface area contributed by atoms with E-state index in [-0.39, 0.29) is 43.3 Å². The highest BCUT2D eigenvalue weighted by Crippen LogP contribution is 2.37. The van der Waals surface area contributed by atoms with Crippen LogP contribution in [0.1, 0.15) is 73.6 Å². The van der Waals surface area contributed by atoms with Crippen molar-refractivity contribution in [3.05, 3.63) is 36.0 Å². The molecule has 2 fully saturated rings. The van der Waals surface area contributed by atoms with Gasteiger partial charge in [-0.3, -0.25) is 4.79 Å². The molecule has 0 aliphatic carbocycles. The van der Waals surface area contributed by atoms with E-state index >= 15 is 0 Å². The summed E-state index contributed by atoms with van der Waals surface area (Å²) < 4.78 is 17.3. The molecule has 0 aromatic carbocycles. The van der Waals surface area contributed by atoms with Gasteiger partial charge >= 0.3 is 12.1 Å². The summed E-state index contributed by atoms with van der Waals surface area (Å²) in [7, 11) is 0. The Labute approximate surface area is 261 Å². The zero-order valence-electron chi connectivity index (χ0n) is 27.1. The molecule has 250 valence electrons. The van der Waals surface area contributed by atoms with Crippen molar-refractivity contribution in [1.82, 2.24) is 10.2 Å². The fraction of sp³-hybridized carbons (Fsp3) is 0.758. The number of carbonyl (C=O) groups excluding carboxylic acids is 2. The Bertz CT molecular complexity index is 1050. The largest absolute Gasteiger partial charge is 0.457 e. The molecule has 0 radical (unpaired) electrons. The van der Waals surface area contributed by atoms with E-state index in [4.69, 9.17) is 14.2 Å². The van der Waals surface area contributed by atoms with Crippen LogP contribution in [0.15, 0.2) is 36.0 Å². The highest BCUT2D eigenvalue weighted by atomic mass is 16.6. The number of piperazine rings is 1. The molecule has 0 saturated carbocycles. The third kappa shape index (κ3) is 10.7. The number of nitrogens with zero attached hydrogens (tertiary/aromatic N) is 1. The molecule has 3 heterocycles. The van der Waals surface area contributed by atoms with Crippen LogP contribution < -0.4 is 5.32 Å². The zero-order valence-corrected chi connectivity index (χ0v) is 27.1.